The molecule has 0 fully saturated rings. The van der Waals surface area contributed by atoms with Crippen molar-refractivity contribution in [1.29, 1.82) is 0 Å². The molecule has 1 atom stereocenters. The van der Waals surface area contributed by atoms with Gasteiger partial charge in [-0.1, -0.05) is 25.1 Å². The number of para-hydroxylation sites is 1. The summed E-state index contributed by atoms with van der Waals surface area (Å²) in [4.78, 5) is 11.1. The number of carbonyl (C=O) groups excluding carboxylic acids is 1. The van der Waals surface area contributed by atoms with Crippen LogP contribution in [0.3, 0.4) is 0 Å². The van der Waals surface area contributed by atoms with Gasteiger partial charge in [-0.3, -0.25) is 0 Å². The van der Waals surface area contributed by atoms with Gasteiger partial charge in [-0.25, -0.2) is 0 Å². The maximum atomic E-state index is 11.1. The fourth-order valence-electron chi connectivity index (χ4n) is 1.36. The van der Waals surface area contributed by atoms with E-state index in [-0.39, 0.29) is 42.6 Å². The van der Waals surface area contributed by atoms with E-state index in [1.165, 1.54) is 0 Å². The van der Waals surface area contributed by atoms with Crippen molar-refractivity contribution < 1.29 is 48.9 Å². The molecule has 1 aromatic carbocycles. The largest absolute Gasteiger partial charge is 1.00 e. The van der Waals surface area contributed by atoms with E-state index in [2.05, 4.69) is 0 Å². The first-order valence-corrected chi connectivity index (χ1v) is 5.24. The molecule has 0 amide bonds. The average molecular weight is 246 g/mol. The Bertz CT molecular complexity index is 342. The fraction of sp³-hybridized carbons (Fsp3) is 0.417. The number of aliphatic carboxylic acids is 1. The molecular weight excluding hydrogens is 231 g/mol. The molecule has 0 saturated carbocycles. The van der Waals surface area contributed by atoms with Crippen LogP contribution in [0, 0.1) is 0 Å². The standard InChI is InChI=1S/C12H16O4.Na/c1-3-12(11(13)14,15-4-2)16-10-8-6-5-7-9-10;/h5-9H,3-4H2,1-2H3,(H,13,14);/q;+1/p-1. The van der Waals surface area contributed by atoms with Gasteiger partial charge in [-0.2, -0.15) is 0 Å². The van der Waals surface area contributed by atoms with Crippen molar-refractivity contribution in [2.24, 2.45) is 0 Å². The van der Waals surface area contributed by atoms with E-state index in [0.717, 1.165) is 0 Å². The van der Waals surface area contributed by atoms with Gasteiger partial charge in [0.25, 0.3) is 5.79 Å². The Kier molecular flexibility index (Phi) is 7.46. The third kappa shape index (κ3) is 4.32. The number of carboxylic acid groups (broad SMARTS) is 1. The summed E-state index contributed by atoms with van der Waals surface area (Å²) in [5.41, 5.74) is 0. The summed E-state index contributed by atoms with van der Waals surface area (Å²) in [6.45, 7) is 3.63. The number of carbonyl (C=O) groups is 1. The Hall–Kier alpha value is -0.550. The number of hydrogen-bond donors (Lipinski definition) is 0. The zero-order chi connectivity index (χ0) is 12.0. The van der Waals surface area contributed by atoms with Crippen LogP contribution >= 0.6 is 0 Å². The Labute approximate surface area is 123 Å². The van der Waals surface area contributed by atoms with Gasteiger partial charge in [-0.15, -0.1) is 0 Å². The molecular formula is C12H15NaO4. The molecule has 0 N–H and O–H groups in total. The third-order valence-corrected chi connectivity index (χ3v) is 2.18. The molecule has 4 nitrogen and oxygen atoms in total. The van der Waals surface area contributed by atoms with Crippen molar-refractivity contribution in [3.05, 3.63) is 30.3 Å². The van der Waals surface area contributed by atoms with Gasteiger partial charge in [0, 0.05) is 13.0 Å². The second-order valence-corrected chi connectivity index (χ2v) is 3.24. The van der Waals surface area contributed by atoms with E-state index in [1.54, 1.807) is 38.1 Å². The summed E-state index contributed by atoms with van der Waals surface area (Å²) >= 11 is 0. The molecule has 0 heterocycles. The first-order chi connectivity index (χ1) is 7.64. The molecule has 5 heteroatoms. The quantitative estimate of drug-likeness (QED) is 0.429. The zero-order valence-corrected chi connectivity index (χ0v) is 12.4. The van der Waals surface area contributed by atoms with Gasteiger partial charge in [0.2, 0.25) is 0 Å². The predicted octanol–water partition coefficient (Wildman–Crippen LogP) is -2.04. The minimum absolute atomic E-state index is 0. The number of ether oxygens (including phenoxy) is 2. The molecule has 0 aliphatic carbocycles. The van der Waals surface area contributed by atoms with Crippen molar-refractivity contribution in [2.75, 3.05) is 6.61 Å². The molecule has 0 spiro atoms. The second-order valence-electron chi connectivity index (χ2n) is 3.24. The molecule has 1 aromatic rings. The molecule has 1 unspecified atom stereocenters. The van der Waals surface area contributed by atoms with E-state index >= 15 is 0 Å². The Balaban J connectivity index is 0.00000256. The van der Waals surface area contributed by atoms with Crippen LogP contribution in [0.15, 0.2) is 30.3 Å². The molecule has 0 aliphatic rings. The van der Waals surface area contributed by atoms with E-state index in [9.17, 15) is 9.90 Å². The van der Waals surface area contributed by atoms with Crippen LogP contribution in [0.5, 0.6) is 5.75 Å². The van der Waals surface area contributed by atoms with Crippen LogP contribution in [0.4, 0.5) is 0 Å². The summed E-state index contributed by atoms with van der Waals surface area (Å²) in [5, 5.41) is 11.1. The maximum Gasteiger partial charge on any atom is 1.00 e. The van der Waals surface area contributed by atoms with Crippen molar-refractivity contribution in [1.82, 2.24) is 0 Å². The van der Waals surface area contributed by atoms with Gasteiger partial charge in [-0.05, 0) is 19.1 Å². The zero-order valence-electron chi connectivity index (χ0n) is 10.4. The minimum Gasteiger partial charge on any atom is -0.543 e. The van der Waals surface area contributed by atoms with Crippen LogP contribution in [-0.4, -0.2) is 18.4 Å². The number of benzene rings is 1. The molecule has 0 saturated heterocycles. The van der Waals surface area contributed by atoms with Gasteiger partial charge in [0.05, 0.1) is 0 Å². The summed E-state index contributed by atoms with van der Waals surface area (Å²) in [7, 11) is 0. The van der Waals surface area contributed by atoms with Crippen LogP contribution < -0.4 is 39.4 Å². The van der Waals surface area contributed by atoms with E-state index in [4.69, 9.17) is 9.47 Å². The maximum absolute atomic E-state index is 11.1. The van der Waals surface area contributed by atoms with Crippen molar-refractivity contribution in [2.45, 2.75) is 26.1 Å². The Morgan fingerprint density at radius 1 is 1.29 bits per heavy atom. The number of carboxylic acids is 1. The molecule has 17 heavy (non-hydrogen) atoms. The van der Waals surface area contributed by atoms with Crippen LogP contribution in [0.2, 0.25) is 0 Å². The third-order valence-electron chi connectivity index (χ3n) is 2.18. The summed E-state index contributed by atoms with van der Waals surface area (Å²) in [5.74, 6) is -2.61. The first-order valence-electron chi connectivity index (χ1n) is 5.24. The van der Waals surface area contributed by atoms with Gasteiger partial charge < -0.3 is 19.4 Å². The Morgan fingerprint density at radius 2 is 1.88 bits per heavy atom. The van der Waals surface area contributed by atoms with Crippen LogP contribution in [0.25, 0.3) is 0 Å². The smallest absolute Gasteiger partial charge is 0.543 e. The Morgan fingerprint density at radius 3 is 2.29 bits per heavy atom. The molecule has 0 radical (unpaired) electrons. The molecule has 0 aliphatic heterocycles. The first kappa shape index (κ1) is 16.4. The molecule has 88 valence electrons. The van der Waals surface area contributed by atoms with E-state index in [1.807, 2.05) is 6.07 Å². The van der Waals surface area contributed by atoms with Crippen molar-refractivity contribution in [3.63, 3.8) is 0 Å². The summed E-state index contributed by atoms with van der Waals surface area (Å²) in [6, 6.07) is 8.69. The van der Waals surface area contributed by atoms with Crippen molar-refractivity contribution in [3.8, 4) is 5.75 Å². The normalized spacial score (nSPS) is 13.3. The van der Waals surface area contributed by atoms with E-state index < -0.39 is 11.8 Å². The fourth-order valence-corrected chi connectivity index (χ4v) is 1.36. The average Bonchev–Trinajstić information content (AvgIpc) is 2.29. The number of rotatable bonds is 6. The SMILES string of the molecule is CCOC(CC)(Oc1ccccc1)C(=O)[O-].[Na+]. The van der Waals surface area contributed by atoms with Crippen LogP contribution in [-0.2, 0) is 9.53 Å². The van der Waals surface area contributed by atoms with Gasteiger partial charge in [0.1, 0.15) is 11.7 Å². The molecule has 0 aromatic heterocycles. The minimum atomic E-state index is -1.70. The monoisotopic (exact) mass is 246 g/mol. The predicted molar refractivity (Wildman–Crippen MR) is 56.7 cm³/mol. The molecule has 0 bridgehead atoms. The van der Waals surface area contributed by atoms with Crippen LogP contribution in [0.1, 0.15) is 20.3 Å². The summed E-state index contributed by atoms with van der Waals surface area (Å²) in [6.07, 6.45) is 0.179. The van der Waals surface area contributed by atoms with Crippen molar-refractivity contribution >= 4 is 5.97 Å². The topological polar surface area (TPSA) is 58.6 Å². The number of hydrogen-bond acceptors (Lipinski definition) is 4. The van der Waals surface area contributed by atoms with Gasteiger partial charge >= 0.3 is 29.6 Å². The summed E-state index contributed by atoms with van der Waals surface area (Å²) < 4.78 is 10.5. The van der Waals surface area contributed by atoms with Gasteiger partial charge in [0.15, 0.2) is 0 Å². The second kappa shape index (κ2) is 7.71. The molecule has 1 rings (SSSR count). The van der Waals surface area contributed by atoms with E-state index in [0.29, 0.717) is 5.75 Å².